The predicted octanol–water partition coefficient (Wildman–Crippen LogP) is 1.87. The maximum atomic E-state index is 12.3. The average Bonchev–Trinajstić information content (AvgIpc) is 2.78. The summed E-state index contributed by atoms with van der Waals surface area (Å²) in [4.78, 5) is 14.3. The third-order valence-corrected chi connectivity index (χ3v) is 4.85. The zero-order chi connectivity index (χ0) is 12.9. The van der Waals surface area contributed by atoms with Crippen LogP contribution < -0.4 is 5.73 Å². The number of rotatable bonds is 2. The molecule has 2 fully saturated rings. The van der Waals surface area contributed by atoms with Crippen molar-refractivity contribution in [3.05, 3.63) is 35.4 Å². The number of piperidine rings is 1. The van der Waals surface area contributed by atoms with Crippen LogP contribution in [0.1, 0.15) is 29.8 Å². The highest BCUT2D eigenvalue weighted by atomic mass is 16.2. The summed E-state index contributed by atoms with van der Waals surface area (Å²) in [5, 5.41) is 0. The molecule has 1 aliphatic heterocycles. The van der Waals surface area contributed by atoms with E-state index in [9.17, 15) is 4.79 Å². The second-order valence-electron chi connectivity index (χ2n) is 6.15. The van der Waals surface area contributed by atoms with Crippen molar-refractivity contribution in [1.82, 2.24) is 4.90 Å². The Bertz CT molecular complexity index is 464. The summed E-state index contributed by atoms with van der Waals surface area (Å²) in [5.74, 6) is 1.59. The van der Waals surface area contributed by atoms with Crippen molar-refractivity contribution in [2.24, 2.45) is 23.0 Å². The Hall–Kier alpha value is -1.35. The second-order valence-corrected chi connectivity index (χ2v) is 6.15. The van der Waals surface area contributed by atoms with Crippen molar-refractivity contribution in [2.75, 3.05) is 13.1 Å². The molecule has 1 heterocycles. The van der Waals surface area contributed by atoms with Crippen LogP contribution >= 0.6 is 0 Å². The molecule has 1 amide bonds. The zero-order valence-corrected chi connectivity index (χ0v) is 11.0. The van der Waals surface area contributed by atoms with Crippen molar-refractivity contribution < 1.29 is 4.79 Å². The normalized spacial score (nSPS) is 28.1. The fourth-order valence-corrected chi connectivity index (χ4v) is 3.26. The number of benzene rings is 1. The van der Waals surface area contributed by atoms with Gasteiger partial charge in [-0.15, -0.1) is 0 Å². The Morgan fingerprint density at radius 1 is 1.28 bits per heavy atom. The topological polar surface area (TPSA) is 46.3 Å². The molecule has 0 radical (unpaired) electrons. The molecule has 18 heavy (non-hydrogen) atoms. The van der Waals surface area contributed by atoms with E-state index < -0.39 is 0 Å². The smallest absolute Gasteiger partial charge is 0.253 e. The Balaban J connectivity index is 1.69. The van der Waals surface area contributed by atoms with Crippen LogP contribution in [0.15, 0.2) is 24.3 Å². The predicted molar refractivity (Wildman–Crippen MR) is 71.0 cm³/mol. The number of carbonyl (C=O) groups is 1. The summed E-state index contributed by atoms with van der Waals surface area (Å²) >= 11 is 0. The lowest BCUT2D eigenvalue weighted by molar-refractivity contribution is 0.0758. The highest BCUT2D eigenvalue weighted by molar-refractivity contribution is 5.94. The number of hydrogen-bond acceptors (Lipinski definition) is 2. The number of nitrogens with two attached hydrogens (primary N) is 1. The standard InChI is InChI=1S/C15H20N2O/c1-15(2)12-8-17(9-13(12)15)14(18)11-5-3-10(7-16)4-6-11/h3-6,12-13H,7-9,16H2,1-2H3. The van der Waals surface area contributed by atoms with Gasteiger partial charge in [-0.3, -0.25) is 4.79 Å². The maximum Gasteiger partial charge on any atom is 0.253 e. The lowest BCUT2D eigenvalue weighted by Crippen LogP contribution is -2.32. The fraction of sp³-hybridized carbons (Fsp3) is 0.533. The number of amides is 1. The molecule has 1 aromatic carbocycles. The quantitative estimate of drug-likeness (QED) is 0.863. The molecule has 0 bridgehead atoms. The summed E-state index contributed by atoms with van der Waals surface area (Å²) in [6.07, 6.45) is 0. The van der Waals surface area contributed by atoms with Gasteiger partial charge in [-0.25, -0.2) is 0 Å². The Kier molecular flexibility index (Phi) is 2.49. The summed E-state index contributed by atoms with van der Waals surface area (Å²) in [5.41, 5.74) is 7.87. The number of carbonyl (C=O) groups excluding carboxylic acids is 1. The first-order valence-electron chi connectivity index (χ1n) is 6.62. The van der Waals surface area contributed by atoms with E-state index in [-0.39, 0.29) is 5.91 Å². The SMILES string of the molecule is CC1(C)C2CN(C(=O)c3ccc(CN)cc3)CC21. The highest BCUT2D eigenvalue weighted by Crippen LogP contribution is 2.62. The van der Waals surface area contributed by atoms with Gasteiger partial charge in [-0.05, 0) is 34.9 Å². The number of likely N-dealkylation sites (tertiary alicyclic amines) is 1. The van der Waals surface area contributed by atoms with E-state index in [1.165, 1.54) is 0 Å². The second kappa shape index (κ2) is 3.82. The van der Waals surface area contributed by atoms with E-state index in [2.05, 4.69) is 13.8 Å². The van der Waals surface area contributed by atoms with Crippen LogP contribution in [0.5, 0.6) is 0 Å². The largest absolute Gasteiger partial charge is 0.338 e. The average molecular weight is 244 g/mol. The molecular formula is C15H20N2O. The number of nitrogens with zero attached hydrogens (tertiary/aromatic N) is 1. The molecule has 2 aliphatic rings. The van der Waals surface area contributed by atoms with Crippen LogP contribution in [0, 0.1) is 17.3 Å². The van der Waals surface area contributed by atoms with E-state index in [1.54, 1.807) is 0 Å². The molecule has 2 unspecified atom stereocenters. The van der Waals surface area contributed by atoms with Gasteiger partial charge in [0, 0.05) is 25.2 Å². The van der Waals surface area contributed by atoms with Crippen molar-refractivity contribution in [2.45, 2.75) is 20.4 Å². The molecule has 3 rings (SSSR count). The third kappa shape index (κ3) is 1.65. The van der Waals surface area contributed by atoms with Crippen molar-refractivity contribution in [1.29, 1.82) is 0 Å². The van der Waals surface area contributed by atoms with Crippen LogP contribution in [-0.4, -0.2) is 23.9 Å². The van der Waals surface area contributed by atoms with Crippen molar-refractivity contribution >= 4 is 5.91 Å². The highest BCUT2D eigenvalue weighted by Gasteiger charge is 2.62. The van der Waals surface area contributed by atoms with Crippen LogP contribution in [0.25, 0.3) is 0 Å². The monoisotopic (exact) mass is 244 g/mol. The summed E-state index contributed by atoms with van der Waals surface area (Å²) < 4.78 is 0. The molecular weight excluding hydrogens is 224 g/mol. The van der Waals surface area contributed by atoms with Crippen LogP contribution in [-0.2, 0) is 6.54 Å². The minimum atomic E-state index is 0.168. The van der Waals surface area contributed by atoms with E-state index in [0.29, 0.717) is 23.8 Å². The molecule has 3 nitrogen and oxygen atoms in total. The van der Waals surface area contributed by atoms with Gasteiger partial charge in [0.2, 0.25) is 0 Å². The summed E-state index contributed by atoms with van der Waals surface area (Å²) in [6.45, 7) is 6.99. The molecule has 0 aromatic heterocycles. The molecule has 1 saturated carbocycles. The Labute approximate surface area is 108 Å². The number of hydrogen-bond donors (Lipinski definition) is 1. The maximum absolute atomic E-state index is 12.3. The van der Waals surface area contributed by atoms with Gasteiger partial charge in [0.25, 0.3) is 5.91 Å². The lowest BCUT2D eigenvalue weighted by Gasteiger charge is -2.22. The molecule has 1 aliphatic carbocycles. The van der Waals surface area contributed by atoms with Gasteiger partial charge in [0.15, 0.2) is 0 Å². The molecule has 0 spiro atoms. The van der Waals surface area contributed by atoms with Gasteiger partial charge in [-0.1, -0.05) is 26.0 Å². The fourth-order valence-electron chi connectivity index (χ4n) is 3.26. The first-order valence-corrected chi connectivity index (χ1v) is 6.62. The first kappa shape index (κ1) is 11.7. The first-order chi connectivity index (χ1) is 8.54. The van der Waals surface area contributed by atoms with Crippen molar-refractivity contribution in [3.63, 3.8) is 0 Å². The van der Waals surface area contributed by atoms with E-state index in [4.69, 9.17) is 5.73 Å². The minimum absolute atomic E-state index is 0.168. The molecule has 2 N–H and O–H groups in total. The minimum Gasteiger partial charge on any atom is -0.338 e. The molecule has 1 saturated heterocycles. The Morgan fingerprint density at radius 2 is 1.83 bits per heavy atom. The summed E-state index contributed by atoms with van der Waals surface area (Å²) in [7, 11) is 0. The van der Waals surface area contributed by atoms with Gasteiger partial charge < -0.3 is 10.6 Å². The van der Waals surface area contributed by atoms with Crippen LogP contribution in [0.4, 0.5) is 0 Å². The van der Waals surface area contributed by atoms with E-state index >= 15 is 0 Å². The molecule has 3 heteroatoms. The summed E-state index contributed by atoms with van der Waals surface area (Å²) in [6, 6.07) is 7.65. The van der Waals surface area contributed by atoms with Crippen LogP contribution in [0.3, 0.4) is 0 Å². The zero-order valence-electron chi connectivity index (χ0n) is 11.0. The molecule has 96 valence electrons. The van der Waals surface area contributed by atoms with Gasteiger partial charge in [0.05, 0.1) is 0 Å². The number of fused-ring (bicyclic) bond motifs is 1. The van der Waals surface area contributed by atoms with Crippen LogP contribution in [0.2, 0.25) is 0 Å². The van der Waals surface area contributed by atoms with E-state index in [0.717, 1.165) is 24.2 Å². The Morgan fingerprint density at radius 3 is 2.33 bits per heavy atom. The van der Waals surface area contributed by atoms with Gasteiger partial charge in [0.1, 0.15) is 0 Å². The molecule has 2 atom stereocenters. The van der Waals surface area contributed by atoms with Gasteiger partial charge >= 0.3 is 0 Å². The lowest BCUT2D eigenvalue weighted by atomic mass is 10.1. The third-order valence-electron chi connectivity index (χ3n) is 4.85. The molecule has 1 aromatic rings. The van der Waals surface area contributed by atoms with E-state index in [1.807, 2.05) is 29.2 Å². The van der Waals surface area contributed by atoms with Crippen molar-refractivity contribution in [3.8, 4) is 0 Å². The van der Waals surface area contributed by atoms with Gasteiger partial charge in [-0.2, -0.15) is 0 Å².